The lowest BCUT2D eigenvalue weighted by atomic mass is 10.1. The molecular weight excluding hydrogens is 212 g/mol. The monoisotopic (exact) mass is 234 g/mol. The van der Waals surface area contributed by atoms with Gasteiger partial charge in [-0.25, -0.2) is 8.42 Å². The summed E-state index contributed by atoms with van der Waals surface area (Å²) in [5.74, 6) is 0.648. The van der Waals surface area contributed by atoms with Crippen LogP contribution in [0.5, 0.6) is 0 Å². The van der Waals surface area contributed by atoms with Crippen LogP contribution in [0.2, 0.25) is 0 Å². The highest BCUT2D eigenvalue weighted by Crippen LogP contribution is 2.19. The number of rotatable bonds is 5. The van der Waals surface area contributed by atoms with E-state index in [1.807, 2.05) is 7.05 Å². The van der Waals surface area contributed by atoms with Gasteiger partial charge in [-0.2, -0.15) is 0 Å². The molecule has 1 heterocycles. The highest BCUT2D eigenvalue weighted by atomic mass is 32.2. The fraction of sp³-hybridized carbons (Fsp3) is 1.00. The Balaban J connectivity index is 2.56. The highest BCUT2D eigenvalue weighted by molar-refractivity contribution is 7.91. The largest absolute Gasteiger partial charge is 0.329 e. The first-order valence-electron chi connectivity index (χ1n) is 5.62. The number of nitrogens with two attached hydrogens (primary N) is 1. The molecule has 2 N–H and O–H groups in total. The van der Waals surface area contributed by atoms with Crippen molar-refractivity contribution >= 4 is 9.84 Å². The van der Waals surface area contributed by atoms with Crippen LogP contribution in [-0.4, -0.2) is 50.5 Å². The Hall–Kier alpha value is -0.130. The summed E-state index contributed by atoms with van der Waals surface area (Å²) in [6, 6.07) is 0.503. The van der Waals surface area contributed by atoms with E-state index >= 15 is 0 Å². The highest BCUT2D eigenvalue weighted by Gasteiger charge is 2.32. The smallest absolute Gasteiger partial charge is 0.151 e. The van der Waals surface area contributed by atoms with Gasteiger partial charge in [-0.3, -0.25) is 4.90 Å². The second-order valence-electron chi connectivity index (χ2n) is 4.40. The van der Waals surface area contributed by atoms with E-state index in [0.717, 1.165) is 19.3 Å². The fourth-order valence-corrected chi connectivity index (χ4v) is 4.00. The molecule has 5 heteroatoms. The zero-order valence-electron chi connectivity index (χ0n) is 9.65. The van der Waals surface area contributed by atoms with Crippen molar-refractivity contribution in [3.05, 3.63) is 0 Å². The van der Waals surface area contributed by atoms with E-state index in [1.165, 1.54) is 0 Å². The Morgan fingerprint density at radius 1 is 1.53 bits per heavy atom. The van der Waals surface area contributed by atoms with Crippen molar-refractivity contribution in [2.75, 3.05) is 25.1 Å². The Morgan fingerprint density at radius 2 is 2.20 bits per heavy atom. The van der Waals surface area contributed by atoms with Crippen molar-refractivity contribution in [1.29, 1.82) is 0 Å². The number of nitrogens with zero attached hydrogens (tertiary/aromatic N) is 1. The summed E-state index contributed by atoms with van der Waals surface area (Å²) >= 11 is 0. The molecule has 1 fully saturated rings. The first-order chi connectivity index (χ1) is 7.00. The molecule has 4 nitrogen and oxygen atoms in total. The van der Waals surface area contributed by atoms with Crippen molar-refractivity contribution < 1.29 is 8.42 Å². The van der Waals surface area contributed by atoms with Gasteiger partial charge in [-0.15, -0.1) is 0 Å². The molecule has 0 radical (unpaired) electrons. The van der Waals surface area contributed by atoms with Crippen molar-refractivity contribution in [3.8, 4) is 0 Å². The molecule has 0 aromatic heterocycles. The van der Waals surface area contributed by atoms with E-state index in [4.69, 9.17) is 5.73 Å². The normalized spacial score (nSPS) is 27.1. The minimum atomic E-state index is -2.78. The molecular formula is C10H22N2O2S. The molecule has 0 saturated carbocycles. The van der Waals surface area contributed by atoms with Crippen LogP contribution in [0, 0.1) is 0 Å². The van der Waals surface area contributed by atoms with Crippen LogP contribution in [0.3, 0.4) is 0 Å². The zero-order chi connectivity index (χ0) is 11.5. The van der Waals surface area contributed by atoms with Gasteiger partial charge in [-0.05, 0) is 19.9 Å². The maximum Gasteiger partial charge on any atom is 0.151 e. The van der Waals surface area contributed by atoms with Gasteiger partial charge in [-0.1, -0.05) is 13.3 Å². The minimum Gasteiger partial charge on any atom is -0.329 e. The zero-order valence-corrected chi connectivity index (χ0v) is 10.5. The van der Waals surface area contributed by atoms with Crippen molar-refractivity contribution in [3.63, 3.8) is 0 Å². The van der Waals surface area contributed by atoms with Crippen LogP contribution in [0.4, 0.5) is 0 Å². The number of likely N-dealkylation sites (N-methyl/N-ethyl adjacent to an activating group) is 1. The summed E-state index contributed by atoms with van der Waals surface area (Å²) < 4.78 is 22.7. The van der Waals surface area contributed by atoms with Crippen LogP contribution in [0.1, 0.15) is 26.2 Å². The predicted octanol–water partition coefficient (Wildman–Crippen LogP) is 0.233. The van der Waals surface area contributed by atoms with Gasteiger partial charge in [0.05, 0.1) is 11.5 Å². The first kappa shape index (κ1) is 12.9. The molecule has 90 valence electrons. The van der Waals surface area contributed by atoms with Gasteiger partial charge in [0.15, 0.2) is 9.84 Å². The Labute approximate surface area is 92.7 Å². The summed E-state index contributed by atoms with van der Waals surface area (Å²) in [5, 5.41) is 0. The molecule has 2 unspecified atom stereocenters. The molecule has 0 amide bonds. The molecule has 0 bridgehead atoms. The standard InChI is InChI=1S/C10H22N2O2S/c1-3-4-9(7-11)12(2)10-5-6-15(13,14)8-10/h9-10H,3-8,11H2,1-2H3. The van der Waals surface area contributed by atoms with E-state index in [-0.39, 0.29) is 6.04 Å². The van der Waals surface area contributed by atoms with Crippen LogP contribution >= 0.6 is 0 Å². The number of sulfone groups is 1. The van der Waals surface area contributed by atoms with Crippen LogP contribution in [0.25, 0.3) is 0 Å². The second-order valence-corrected chi connectivity index (χ2v) is 6.63. The van der Waals surface area contributed by atoms with E-state index in [2.05, 4.69) is 11.8 Å². The summed E-state index contributed by atoms with van der Waals surface area (Å²) in [4.78, 5) is 2.16. The minimum absolute atomic E-state index is 0.176. The maximum atomic E-state index is 11.4. The van der Waals surface area contributed by atoms with Crippen molar-refractivity contribution in [2.45, 2.75) is 38.3 Å². The number of hydrogen-bond donors (Lipinski definition) is 1. The fourth-order valence-electron chi connectivity index (χ4n) is 2.22. The molecule has 2 atom stereocenters. The summed E-state index contributed by atoms with van der Waals surface area (Å²) in [7, 11) is -0.781. The van der Waals surface area contributed by atoms with E-state index in [1.54, 1.807) is 0 Å². The van der Waals surface area contributed by atoms with E-state index < -0.39 is 9.84 Å². The third-order valence-corrected chi connectivity index (χ3v) is 5.00. The lowest BCUT2D eigenvalue weighted by Gasteiger charge is -2.31. The Morgan fingerprint density at radius 3 is 2.60 bits per heavy atom. The molecule has 0 aromatic rings. The topological polar surface area (TPSA) is 63.4 Å². The molecule has 0 spiro atoms. The van der Waals surface area contributed by atoms with E-state index in [9.17, 15) is 8.42 Å². The average molecular weight is 234 g/mol. The Bertz CT molecular complexity index is 290. The first-order valence-corrected chi connectivity index (χ1v) is 7.44. The van der Waals surface area contributed by atoms with Crippen LogP contribution in [-0.2, 0) is 9.84 Å². The van der Waals surface area contributed by atoms with Gasteiger partial charge in [0.1, 0.15) is 0 Å². The van der Waals surface area contributed by atoms with E-state index in [0.29, 0.717) is 24.1 Å². The van der Waals surface area contributed by atoms with Gasteiger partial charge < -0.3 is 5.73 Å². The molecule has 1 aliphatic heterocycles. The van der Waals surface area contributed by atoms with Gasteiger partial charge in [0.25, 0.3) is 0 Å². The maximum absolute atomic E-state index is 11.4. The lowest BCUT2D eigenvalue weighted by Crippen LogP contribution is -2.44. The van der Waals surface area contributed by atoms with Crippen molar-refractivity contribution in [1.82, 2.24) is 4.90 Å². The van der Waals surface area contributed by atoms with Gasteiger partial charge in [0, 0.05) is 18.6 Å². The summed E-state index contributed by atoms with van der Waals surface area (Å²) in [6.07, 6.45) is 2.90. The molecule has 1 saturated heterocycles. The molecule has 0 aromatic carbocycles. The average Bonchev–Trinajstić information content (AvgIpc) is 2.54. The van der Waals surface area contributed by atoms with Crippen molar-refractivity contribution in [2.24, 2.45) is 5.73 Å². The Kier molecular flexibility index (Phi) is 4.55. The lowest BCUT2D eigenvalue weighted by molar-refractivity contribution is 0.181. The van der Waals surface area contributed by atoms with Gasteiger partial charge in [0.2, 0.25) is 0 Å². The summed E-state index contributed by atoms with van der Waals surface area (Å²) in [5.41, 5.74) is 5.70. The SMILES string of the molecule is CCCC(CN)N(C)C1CCS(=O)(=O)C1. The van der Waals surface area contributed by atoms with Gasteiger partial charge >= 0.3 is 0 Å². The third kappa shape index (κ3) is 3.43. The predicted molar refractivity (Wildman–Crippen MR) is 62.6 cm³/mol. The molecule has 0 aliphatic carbocycles. The number of hydrogen-bond acceptors (Lipinski definition) is 4. The summed E-state index contributed by atoms with van der Waals surface area (Å²) in [6.45, 7) is 2.74. The molecule has 1 rings (SSSR count). The molecule has 1 aliphatic rings. The third-order valence-electron chi connectivity index (χ3n) is 3.25. The van der Waals surface area contributed by atoms with Crippen LogP contribution < -0.4 is 5.73 Å². The second kappa shape index (κ2) is 5.27. The quantitative estimate of drug-likeness (QED) is 0.740. The molecule has 15 heavy (non-hydrogen) atoms. The van der Waals surface area contributed by atoms with Crippen LogP contribution in [0.15, 0.2) is 0 Å².